The SMILES string of the molecule is CC(C)Cn1cnc2c1c(=O)n(CC(=O)N[C@H]1CCCC[C@@H]1C)c(=O)n2Cc1ccccc1. The fourth-order valence-electron chi connectivity index (χ4n) is 4.75. The first-order valence-electron chi connectivity index (χ1n) is 11.9. The van der Waals surface area contributed by atoms with E-state index in [0.717, 1.165) is 29.4 Å². The number of nitrogens with one attached hydrogen (secondary N) is 1. The van der Waals surface area contributed by atoms with E-state index in [-0.39, 0.29) is 25.0 Å². The van der Waals surface area contributed by atoms with Gasteiger partial charge in [0.2, 0.25) is 5.91 Å². The molecule has 0 spiro atoms. The van der Waals surface area contributed by atoms with Crippen LogP contribution >= 0.6 is 0 Å². The summed E-state index contributed by atoms with van der Waals surface area (Å²) in [5, 5.41) is 3.06. The van der Waals surface area contributed by atoms with Crippen LogP contribution in [0, 0.1) is 11.8 Å². The van der Waals surface area contributed by atoms with Crippen LogP contribution in [0.25, 0.3) is 11.2 Å². The average molecular weight is 452 g/mol. The van der Waals surface area contributed by atoms with Gasteiger partial charge >= 0.3 is 5.69 Å². The topological polar surface area (TPSA) is 90.9 Å². The van der Waals surface area contributed by atoms with Crippen molar-refractivity contribution < 1.29 is 4.79 Å². The Morgan fingerprint density at radius 1 is 1.12 bits per heavy atom. The lowest BCUT2D eigenvalue weighted by Gasteiger charge is -2.29. The Labute approximate surface area is 193 Å². The minimum atomic E-state index is -0.516. The minimum Gasteiger partial charge on any atom is -0.352 e. The van der Waals surface area contributed by atoms with Crippen LogP contribution in [0.5, 0.6) is 0 Å². The van der Waals surface area contributed by atoms with Crippen molar-refractivity contribution >= 4 is 17.1 Å². The number of carbonyl (C=O) groups is 1. The predicted octanol–water partition coefficient (Wildman–Crippen LogP) is 2.76. The Hall–Kier alpha value is -3.16. The third-order valence-electron chi connectivity index (χ3n) is 6.49. The highest BCUT2D eigenvalue weighted by molar-refractivity contribution is 5.77. The Kier molecular flexibility index (Phi) is 6.81. The summed E-state index contributed by atoms with van der Waals surface area (Å²) in [6.45, 7) is 6.84. The van der Waals surface area contributed by atoms with Crippen molar-refractivity contribution in [1.29, 1.82) is 0 Å². The fourth-order valence-corrected chi connectivity index (χ4v) is 4.75. The van der Waals surface area contributed by atoms with Gasteiger partial charge in [0.25, 0.3) is 5.56 Å². The molecule has 4 rings (SSSR count). The number of nitrogens with zero attached hydrogens (tertiary/aromatic N) is 4. The van der Waals surface area contributed by atoms with E-state index in [1.54, 1.807) is 10.9 Å². The molecule has 8 heteroatoms. The van der Waals surface area contributed by atoms with Gasteiger partial charge in [-0.2, -0.15) is 0 Å². The third-order valence-corrected chi connectivity index (χ3v) is 6.49. The van der Waals surface area contributed by atoms with Gasteiger partial charge < -0.3 is 9.88 Å². The molecule has 176 valence electrons. The van der Waals surface area contributed by atoms with Gasteiger partial charge in [-0.15, -0.1) is 0 Å². The van der Waals surface area contributed by atoms with E-state index in [4.69, 9.17) is 0 Å². The molecule has 2 atom stereocenters. The quantitative estimate of drug-likeness (QED) is 0.598. The zero-order valence-corrected chi connectivity index (χ0v) is 19.7. The summed E-state index contributed by atoms with van der Waals surface area (Å²) in [7, 11) is 0. The molecular weight excluding hydrogens is 418 g/mol. The molecule has 0 unspecified atom stereocenters. The summed E-state index contributed by atoms with van der Waals surface area (Å²) in [6, 6.07) is 9.67. The van der Waals surface area contributed by atoms with Crippen LogP contribution in [-0.2, 0) is 24.4 Å². The summed E-state index contributed by atoms with van der Waals surface area (Å²) >= 11 is 0. The maximum Gasteiger partial charge on any atom is 0.333 e. The van der Waals surface area contributed by atoms with E-state index < -0.39 is 11.2 Å². The summed E-state index contributed by atoms with van der Waals surface area (Å²) in [5.74, 6) is 0.387. The van der Waals surface area contributed by atoms with Gasteiger partial charge in [0.1, 0.15) is 6.54 Å². The van der Waals surface area contributed by atoms with Gasteiger partial charge in [0, 0.05) is 12.6 Å². The second-order valence-corrected chi connectivity index (χ2v) is 9.64. The van der Waals surface area contributed by atoms with Crippen LogP contribution in [0.4, 0.5) is 0 Å². The Balaban J connectivity index is 1.75. The van der Waals surface area contributed by atoms with E-state index in [2.05, 4.69) is 31.1 Å². The summed E-state index contributed by atoms with van der Waals surface area (Å²) in [4.78, 5) is 44.2. The zero-order valence-electron chi connectivity index (χ0n) is 19.7. The maximum absolute atomic E-state index is 13.4. The van der Waals surface area contributed by atoms with Crippen molar-refractivity contribution in [2.24, 2.45) is 11.8 Å². The number of imidazole rings is 1. The summed E-state index contributed by atoms with van der Waals surface area (Å²) in [6.07, 6.45) is 5.88. The largest absolute Gasteiger partial charge is 0.352 e. The molecular formula is C25H33N5O3. The number of hydrogen-bond donors (Lipinski definition) is 1. The van der Waals surface area contributed by atoms with Crippen LogP contribution in [0.2, 0.25) is 0 Å². The molecule has 1 N–H and O–H groups in total. The molecule has 2 aromatic heterocycles. The highest BCUT2D eigenvalue weighted by atomic mass is 16.2. The van der Waals surface area contributed by atoms with Crippen molar-refractivity contribution in [3.05, 3.63) is 63.1 Å². The number of amides is 1. The monoisotopic (exact) mass is 451 g/mol. The van der Waals surface area contributed by atoms with Gasteiger partial charge in [0.05, 0.1) is 12.9 Å². The van der Waals surface area contributed by atoms with Crippen molar-refractivity contribution in [1.82, 2.24) is 24.0 Å². The molecule has 1 saturated carbocycles. The number of fused-ring (bicyclic) bond motifs is 1. The predicted molar refractivity (Wildman–Crippen MR) is 128 cm³/mol. The number of rotatable bonds is 7. The maximum atomic E-state index is 13.4. The smallest absolute Gasteiger partial charge is 0.333 e. The minimum absolute atomic E-state index is 0.0868. The first-order chi connectivity index (χ1) is 15.8. The van der Waals surface area contributed by atoms with E-state index in [1.165, 1.54) is 11.0 Å². The lowest BCUT2D eigenvalue weighted by Crippen LogP contribution is -2.47. The fraction of sp³-hybridized carbons (Fsp3) is 0.520. The van der Waals surface area contributed by atoms with Gasteiger partial charge in [-0.1, -0.05) is 63.9 Å². The molecule has 2 heterocycles. The molecule has 1 amide bonds. The van der Waals surface area contributed by atoms with Crippen LogP contribution in [0.1, 0.15) is 52.0 Å². The lowest BCUT2D eigenvalue weighted by molar-refractivity contribution is -0.123. The third kappa shape index (κ3) is 4.94. The van der Waals surface area contributed by atoms with E-state index in [9.17, 15) is 14.4 Å². The highest BCUT2D eigenvalue weighted by Gasteiger charge is 2.25. The molecule has 1 aliphatic rings. The normalized spacial score (nSPS) is 18.7. The molecule has 1 fully saturated rings. The van der Waals surface area contributed by atoms with Crippen molar-refractivity contribution in [2.75, 3.05) is 0 Å². The van der Waals surface area contributed by atoms with Gasteiger partial charge in [-0.3, -0.25) is 14.2 Å². The van der Waals surface area contributed by atoms with E-state index >= 15 is 0 Å². The Bertz CT molecular complexity index is 1240. The molecule has 8 nitrogen and oxygen atoms in total. The molecule has 33 heavy (non-hydrogen) atoms. The number of benzene rings is 1. The Morgan fingerprint density at radius 3 is 2.55 bits per heavy atom. The van der Waals surface area contributed by atoms with E-state index in [0.29, 0.717) is 29.5 Å². The second kappa shape index (κ2) is 9.77. The van der Waals surface area contributed by atoms with Gasteiger partial charge in [-0.05, 0) is 30.2 Å². The lowest BCUT2D eigenvalue weighted by atomic mass is 9.86. The summed E-state index contributed by atoms with van der Waals surface area (Å²) in [5.41, 5.74) is 0.650. The first-order valence-corrected chi connectivity index (χ1v) is 11.9. The number of aromatic nitrogens is 4. The number of hydrogen-bond acceptors (Lipinski definition) is 4. The van der Waals surface area contributed by atoms with Crippen molar-refractivity contribution in [3.63, 3.8) is 0 Å². The van der Waals surface area contributed by atoms with Gasteiger partial charge in [0.15, 0.2) is 11.2 Å². The molecule has 0 saturated heterocycles. The van der Waals surface area contributed by atoms with Gasteiger partial charge in [-0.25, -0.2) is 14.3 Å². The molecule has 0 radical (unpaired) electrons. The van der Waals surface area contributed by atoms with Crippen molar-refractivity contribution in [3.8, 4) is 0 Å². The second-order valence-electron chi connectivity index (χ2n) is 9.64. The van der Waals surface area contributed by atoms with Crippen LogP contribution in [-0.4, -0.2) is 30.6 Å². The first kappa shape index (κ1) is 23.0. The molecule has 1 aliphatic carbocycles. The highest BCUT2D eigenvalue weighted by Crippen LogP contribution is 2.23. The molecule has 0 bridgehead atoms. The van der Waals surface area contributed by atoms with Crippen LogP contribution in [0.3, 0.4) is 0 Å². The van der Waals surface area contributed by atoms with Crippen LogP contribution < -0.4 is 16.6 Å². The summed E-state index contributed by atoms with van der Waals surface area (Å²) < 4.78 is 4.35. The Morgan fingerprint density at radius 2 is 1.85 bits per heavy atom. The molecule has 0 aliphatic heterocycles. The zero-order chi connectivity index (χ0) is 23.5. The average Bonchev–Trinajstić information content (AvgIpc) is 3.19. The molecule has 1 aromatic carbocycles. The van der Waals surface area contributed by atoms with Crippen molar-refractivity contribution in [2.45, 2.75) is 72.1 Å². The van der Waals surface area contributed by atoms with Crippen LogP contribution in [0.15, 0.2) is 46.2 Å². The molecule has 3 aromatic rings. The van der Waals surface area contributed by atoms with E-state index in [1.807, 2.05) is 30.3 Å². The number of carbonyl (C=O) groups excluding carboxylic acids is 1. The standard InChI is InChI=1S/C25H33N5O3/c1-17(2)13-28-16-26-23-22(28)24(32)30(15-21(31)27-20-12-8-7-9-18(20)3)25(33)29(23)14-19-10-5-4-6-11-19/h4-6,10-11,16-18,20H,7-9,12-15H2,1-3H3,(H,27,31)/t18-,20-/m0/s1.